The van der Waals surface area contributed by atoms with E-state index in [0.717, 1.165) is 21.7 Å². The van der Waals surface area contributed by atoms with Crippen LogP contribution in [0.15, 0.2) is 80.0 Å². The van der Waals surface area contributed by atoms with Crippen LogP contribution in [0.25, 0.3) is 6.08 Å². The first kappa shape index (κ1) is 22.2. The molecule has 0 unspecified atom stereocenters. The fourth-order valence-corrected chi connectivity index (χ4v) is 4.73. The van der Waals surface area contributed by atoms with Crippen LogP contribution in [0.1, 0.15) is 21.7 Å². The molecule has 6 nitrogen and oxygen atoms in total. The smallest absolute Gasteiger partial charge is 0.285 e. The lowest BCUT2D eigenvalue weighted by atomic mass is 10.2. The zero-order chi connectivity index (χ0) is 22.7. The first-order valence-electron chi connectivity index (χ1n) is 9.50. The fourth-order valence-electron chi connectivity index (χ4n) is 2.79. The molecule has 4 rings (SSSR count). The molecule has 1 fully saturated rings. The van der Waals surface area contributed by atoms with E-state index in [1.807, 2.05) is 37.3 Å². The molecule has 3 aromatic rings. The van der Waals surface area contributed by atoms with Crippen LogP contribution in [0, 0.1) is 6.92 Å². The van der Waals surface area contributed by atoms with Crippen LogP contribution in [-0.2, 0) is 4.79 Å². The Labute approximate surface area is 199 Å². The molecule has 0 radical (unpaired) electrons. The van der Waals surface area contributed by atoms with Crippen LogP contribution in [0.4, 0.5) is 0 Å². The van der Waals surface area contributed by atoms with Crippen molar-refractivity contribution >= 4 is 58.0 Å². The Morgan fingerprint density at radius 2 is 1.84 bits per heavy atom. The second-order valence-electron chi connectivity index (χ2n) is 6.76. The van der Waals surface area contributed by atoms with Crippen molar-refractivity contribution in [1.82, 2.24) is 10.4 Å². The molecule has 1 aliphatic rings. The molecule has 1 saturated heterocycles. The fraction of sp³-hybridized carbons (Fsp3) is 0.0870. The number of nitrogens with one attached hydrogen (secondary N) is 1. The van der Waals surface area contributed by atoms with Crippen LogP contribution in [0.2, 0.25) is 0 Å². The molecule has 162 valence electrons. The van der Waals surface area contributed by atoms with Gasteiger partial charge in [-0.2, -0.15) is 5.01 Å². The molecule has 2 heterocycles. The number of carbonyl (C=O) groups excluding carboxylic acids is 2. The molecule has 0 spiro atoms. The van der Waals surface area contributed by atoms with E-state index in [1.54, 1.807) is 43.5 Å². The Morgan fingerprint density at radius 3 is 2.53 bits per heavy atom. The number of hydrogen-bond donors (Lipinski definition) is 1. The highest BCUT2D eigenvalue weighted by Gasteiger charge is 2.34. The van der Waals surface area contributed by atoms with Gasteiger partial charge in [-0.3, -0.25) is 15.0 Å². The van der Waals surface area contributed by atoms with Crippen molar-refractivity contribution in [3.63, 3.8) is 0 Å². The van der Waals surface area contributed by atoms with Gasteiger partial charge < -0.3 is 9.15 Å². The number of furan rings is 1. The molecular formula is C23H18N2O4S3. The van der Waals surface area contributed by atoms with Crippen molar-refractivity contribution in [1.29, 1.82) is 0 Å². The topological polar surface area (TPSA) is 71.8 Å². The number of hydrogen-bond acceptors (Lipinski definition) is 7. The lowest BCUT2D eigenvalue weighted by Crippen LogP contribution is -2.44. The quantitative estimate of drug-likeness (QED) is 0.378. The number of rotatable bonds is 6. The Hall–Kier alpha value is -3.01. The molecule has 1 N–H and O–H groups in total. The predicted molar refractivity (Wildman–Crippen MR) is 129 cm³/mol. The zero-order valence-electron chi connectivity index (χ0n) is 17.2. The predicted octanol–water partition coefficient (Wildman–Crippen LogP) is 5.29. The molecule has 9 heteroatoms. The number of nitrogens with zero attached hydrogens (tertiary/aromatic N) is 1. The van der Waals surface area contributed by atoms with Crippen LogP contribution < -0.4 is 10.2 Å². The minimum absolute atomic E-state index is 0.240. The average Bonchev–Trinajstić information content (AvgIpc) is 3.34. The third-order valence-corrected chi connectivity index (χ3v) is 6.70. The summed E-state index contributed by atoms with van der Waals surface area (Å²) in [4.78, 5) is 26.7. The third-order valence-electron chi connectivity index (χ3n) is 4.47. The largest absolute Gasteiger partial charge is 0.497 e. The molecule has 0 aliphatic carbocycles. The van der Waals surface area contributed by atoms with Gasteiger partial charge in [-0.25, -0.2) is 0 Å². The summed E-state index contributed by atoms with van der Waals surface area (Å²) < 4.78 is 11.2. The van der Waals surface area contributed by atoms with E-state index in [9.17, 15) is 9.59 Å². The van der Waals surface area contributed by atoms with Gasteiger partial charge in [-0.05, 0) is 67.7 Å². The summed E-state index contributed by atoms with van der Waals surface area (Å²) in [5, 5.41) is 1.78. The van der Waals surface area contributed by atoms with Crippen molar-refractivity contribution in [2.24, 2.45) is 0 Å². The van der Waals surface area contributed by atoms with E-state index in [-0.39, 0.29) is 4.32 Å². The summed E-state index contributed by atoms with van der Waals surface area (Å²) in [5.41, 5.74) is 4.13. The Balaban J connectivity index is 1.43. The first-order valence-corrected chi connectivity index (χ1v) is 11.5. The van der Waals surface area contributed by atoms with E-state index in [4.69, 9.17) is 21.4 Å². The van der Waals surface area contributed by atoms with Crippen molar-refractivity contribution in [2.45, 2.75) is 16.9 Å². The molecule has 1 aromatic heterocycles. The van der Waals surface area contributed by atoms with Crippen molar-refractivity contribution in [3.8, 4) is 5.75 Å². The highest BCUT2D eigenvalue weighted by atomic mass is 32.2. The standard InChI is InChI=1S/C23H18N2O4S3/c1-14-3-10-18(11-4-14)31-20-12-9-17(29-20)13-19-22(27)25(23(30)32-19)24-21(26)15-5-7-16(28-2)8-6-15/h3-13H,1-2H3,(H,24,26)/b19-13-. The molecule has 2 aromatic carbocycles. The Bertz CT molecular complexity index is 1200. The minimum atomic E-state index is -0.444. The number of ether oxygens (including phenoxy) is 1. The lowest BCUT2D eigenvalue weighted by Gasteiger charge is -2.15. The van der Waals surface area contributed by atoms with Crippen molar-refractivity contribution in [2.75, 3.05) is 7.11 Å². The van der Waals surface area contributed by atoms with Gasteiger partial charge in [0.25, 0.3) is 11.8 Å². The summed E-state index contributed by atoms with van der Waals surface area (Å²) in [6.45, 7) is 2.04. The number of thioether (sulfide) groups is 1. The number of methoxy groups -OCH3 is 1. The van der Waals surface area contributed by atoms with E-state index >= 15 is 0 Å². The highest BCUT2D eigenvalue weighted by Crippen LogP contribution is 2.34. The maximum absolute atomic E-state index is 12.8. The molecular weight excluding hydrogens is 464 g/mol. The number of benzene rings is 2. The number of amides is 2. The monoisotopic (exact) mass is 482 g/mol. The maximum Gasteiger partial charge on any atom is 0.285 e. The van der Waals surface area contributed by atoms with Gasteiger partial charge in [0, 0.05) is 16.5 Å². The lowest BCUT2D eigenvalue weighted by molar-refractivity contribution is -0.123. The van der Waals surface area contributed by atoms with E-state index in [2.05, 4.69) is 5.43 Å². The van der Waals surface area contributed by atoms with Crippen LogP contribution in [-0.4, -0.2) is 28.3 Å². The zero-order valence-corrected chi connectivity index (χ0v) is 19.6. The van der Waals surface area contributed by atoms with Crippen molar-refractivity contribution in [3.05, 3.63) is 82.5 Å². The van der Waals surface area contributed by atoms with E-state index < -0.39 is 11.8 Å². The number of thiocarbonyl (C=S) groups is 1. The second-order valence-corrected chi connectivity index (χ2v) is 9.51. The summed E-state index contributed by atoms with van der Waals surface area (Å²) in [5.74, 6) is 0.307. The van der Waals surface area contributed by atoms with Gasteiger partial charge in [-0.15, -0.1) is 0 Å². The number of hydrazine groups is 1. The molecule has 2 amide bonds. The average molecular weight is 483 g/mol. The summed E-state index contributed by atoms with van der Waals surface area (Å²) in [6.07, 6.45) is 1.62. The van der Waals surface area contributed by atoms with E-state index in [0.29, 0.717) is 27.1 Å². The van der Waals surface area contributed by atoms with Gasteiger partial charge in [-0.1, -0.05) is 41.2 Å². The number of aryl methyl sites for hydroxylation is 1. The molecule has 32 heavy (non-hydrogen) atoms. The molecule has 1 aliphatic heterocycles. The van der Waals surface area contributed by atoms with Gasteiger partial charge in [0.15, 0.2) is 9.41 Å². The van der Waals surface area contributed by atoms with Gasteiger partial charge in [0.05, 0.1) is 12.0 Å². The second kappa shape index (κ2) is 9.64. The summed E-state index contributed by atoms with van der Waals surface area (Å²) >= 11 is 7.88. The highest BCUT2D eigenvalue weighted by molar-refractivity contribution is 8.26. The van der Waals surface area contributed by atoms with Gasteiger partial charge >= 0.3 is 0 Å². The molecule has 0 atom stereocenters. The van der Waals surface area contributed by atoms with Crippen molar-refractivity contribution < 1.29 is 18.7 Å². The van der Waals surface area contributed by atoms with Gasteiger partial charge in [0.2, 0.25) is 0 Å². The molecule has 0 bridgehead atoms. The Morgan fingerprint density at radius 1 is 1.12 bits per heavy atom. The summed E-state index contributed by atoms with van der Waals surface area (Å²) in [6, 6.07) is 18.3. The molecule has 0 saturated carbocycles. The van der Waals surface area contributed by atoms with Crippen LogP contribution in [0.3, 0.4) is 0 Å². The van der Waals surface area contributed by atoms with Crippen LogP contribution >= 0.6 is 35.7 Å². The minimum Gasteiger partial charge on any atom is -0.497 e. The SMILES string of the molecule is COc1ccc(C(=O)NN2C(=O)/C(=C/c3ccc(Sc4ccc(C)cc4)o3)SC2=S)cc1. The summed E-state index contributed by atoms with van der Waals surface area (Å²) in [7, 11) is 1.55. The normalized spacial score (nSPS) is 14.8. The van der Waals surface area contributed by atoms with Gasteiger partial charge in [0.1, 0.15) is 11.5 Å². The first-order chi connectivity index (χ1) is 15.4. The number of carbonyl (C=O) groups is 2. The third kappa shape index (κ3) is 5.07. The van der Waals surface area contributed by atoms with Crippen LogP contribution in [0.5, 0.6) is 5.75 Å². The maximum atomic E-state index is 12.8. The van der Waals surface area contributed by atoms with E-state index in [1.165, 1.54) is 17.3 Å². The Kier molecular flexibility index (Phi) is 6.69.